The van der Waals surface area contributed by atoms with Crippen LogP contribution in [0.3, 0.4) is 0 Å². The summed E-state index contributed by atoms with van der Waals surface area (Å²) in [6, 6.07) is 2.83. The molecule has 0 aliphatic rings. The van der Waals surface area contributed by atoms with Gasteiger partial charge in [0.25, 0.3) is 5.89 Å². The smallest absolute Gasteiger partial charge is 0.269 e. The van der Waals surface area contributed by atoms with E-state index in [9.17, 15) is 4.39 Å². The van der Waals surface area contributed by atoms with Crippen molar-refractivity contribution in [3.63, 3.8) is 0 Å². The number of hydrogen-bond acceptors (Lipinski definition) is 4. The second-order valence-electron chi connectivity index (χ2n) is 3.08. The number of halogens is 1. The topological polar surface area (TPSA) is 51.8 Å². The highest BCUT2D eigenvalue weighted by atomic mass is 19.1. The molecular formula is C10H10FN3O. The van der Waals surface area contributed by atoms with Crippen LogP contribution < -0.4 is 0 Å². The molecule has 0 amide bonds. The van der Waals surface area contributed by atoms with Crippen LogP contribution in [0.1, 0.15) is 19.2 Å². The largest absolute Gasteiger partial charge is 0.419 e. The Bertz CT molecular complexity index is 455. The quantitative estimate of drug-likeness (QED) is 0.774. The van der Waals surface area contributed by atoms with E-state index in [4.69, 9.17) is 4.42 Å². The van der Waals surface area contributed by atoms with Gasteiger partial charge in [0.05, 0.1) is 0 Å². The number of rotatable bonds is 3. The molecule has 78 valence electrons. The summed E-state index contributed by atoms with van der Waals surface area (Å²) in [6.45, 7) is 2.01. The first-order valence-corrected chi connectivity index (χ1v) is 4.74. The molecule has 0 aliphatic heterocycles. The summed E-state index contributed by atoms with van der Waals surface area (Å²) in [5.74, 6) is 0.193. The van der Waals surface area contributed by atoms with Crippen LogP contribution in [0.2, 0.25) is 0 Å². The number of nitrogens with zero attached hydrogens (tertiary/aromatic N) is 3. The fraction of sp³-hybridized carbons (Fsp3) is 0.300. The van der Waals surface area contributed by atoms with Gasteiger partial charge in [-0.2, -0.15) is 0 Å². The first-order valence-electron chi connectivity index (χ1n) is 4.74. The molecule has 0 saturated carbocycles. The number of hydrogen-bond donors (Lipinski definition) is 0. The van der Waals surface area contributed by atoms with Crippen molar-refractivity contribution in [2.45, 2.75) is 19.8 Å². The number of pyridine rings is 1. The predicted molar refractivity (Wildman–Crippen MR) is 51.5 cm³/mol. The summed E-state index contributed by atoms with van der Waals surface area (Å²) in [5.41, 5.74) is 0.104. The van der Waals surface area contributed by atoms with Gasteiger partial charge in [0.2, 0.25) is 5.89 Å². The van der Waals surface area contributed by atoms with Crippen molar-refractivity contribution in [3.05, 3.63) is 30.0 Å². The summed E-state index contributed by atoms with van der Waals surface area (Å²) >= 11 is 0. The summed E-state index contributed by atoms with van der Waals surface area (Å²) in [7, 11) is 0. The molecule has 2 aromatic heterocycles. The highest BCUT2D eigenvalue weighted by molar-refractivity contribution is 5.46. The average molecular weight is 207 g/mol. The first kappa shape index (κ1) is 9.76. The van der Waals surface area contributed by atoms with E-state index in [1.807, 2.05) is 6.92 Å². The monoisotopic (exact) mass is 207 g/mol. The molecule has 2 rings (SSSR count). The van der Waals surface area contributed by atoms with Crippen LogP contribution in [-0.2, 0) is 6.42 Å². The highest BCUT2D eigenvalue weighted by Crippen LogP contribution is 2.18. The van der Waals surface area contributed by atoms with Crippen molar-refractivity contribution in [2.24, 2.45) is 0 Å². The minimum Gasteiger partial charge on any atom is -0.419 e. The SMILES string of the molecule is CCCc1nnc(-c2ncccc2F)o1. The Kier molecular flexibility index (Phi) is 2.71. The molecule has 0 fully saturated rings. The van der Waals surface area contributed by atoms with Gasteiger partial charge in [-0.15, -0.1) is 10.2 Å². The van der Waals surface area contributed by atoms with E-state index in [1.54, 1.807) is 0 Å². The minimum absolute atomic E-state index is 0.104. The van der Waals surface area contributed by atoms with Crippen LogP contribution in [-0.4, -0.2) is 15.2 Å². The fourth-order valence-electron chi connectivity index (χ4n) is 1.21. The van der Waals surface area contributed by atoms with Gasteiger partial charge in [0, 0.05) is 12.6 Å². The van der Waals surface area contributed by atoms with Crippen LogP contribution in [0.4, 0.5) is 4.39 Å². The van der Waals surface area contributed by atoms with Crippen LogP contribution in [0.5, 0.6) is 0 Å². The van der Waals surface area contributed by atoms with Gasteiger partial charge in [-0.25, -0.2) is 9.37 Å². The fourth-order valence-corrected chi connectivity index (χ4v) is 1.21. The molecule has 0 saturated heterocycles. The van der Waals surface area contributed by atoms with Gasteiger partial charge >= 0.3 is 0 Å². The zero-order valence-electron chi connectivity index (χ0n) is 8.27. The van der Waals surface area contributed by atoms with Gasteiger partial charge in [-0.05, 0) is 18.6 Å². The number of aryl methyl sites for hydroxylation is 1. The molecule has 0 aliphatic carbocycles. The predicted octanol–water partition coefficient (Wildman–Crippen LogP) is 2.22. The average Bonchev–Trinajstić information content (AvgIpc) is 2.68. The Morgan fingerprint density at radius 3 is 3.00 bits per heavy atom. The molecule has 0 radical (unpaired) electrons. The van der Waals surface area contributed by atoms with Gasteiger partial charge < -0.3 is 4.42 Å². The maximum Gasteiger partial charge on any atom is 0.269 e. The van der Waals surface area contributed by atoms with E-state index < -0.39 is 5.82 Å². The Morgan fingerprint density at radius 1 is 1.40 bits per heavy atom. The lowest BCUT2D eigenvalue weighted by molar-refractivity contribution is 0.496. The standard InChI is InChI=1S/C10H10FN3O/c1-2-4-8-13-14-10(15-8)9-7(11)5-3-6-12-9/h3,5-6H,2,4H2,1H3. The summed E-state index contributed by atoms with van der Waals surface area (Å²) in [6.07, 6.45) is 3.09. The van der Waals surface area contributed by atoms with E-state index in [-0.39, 0.29) is 11.6 Å². The third-order valence-electron chi connectivity index (χ3n) is 1.89. The molecule has 0 aromatic carbocycles. The van der Waals surface area contributed by atoms with E-state index in [1.165, 1.54) is 18.3 Å². The van der Waals surface area contributed by atoms with Crippen LogP contribution in [0, 0.1) is 5.82 Å². The van der Waals surface area contributed by atoms with Gasteiger partial charge in [0.1, 0.15) is 0 Å². The molecule has 4 nitrogen and oxygen atoms in total. The summed E-state index contributed by atoms with van der Waals surface area (Å²) in [5, 5.41) is 7.55. The van der Waals surface area contributed by atoms with Gasteiger partial charge in [-0.3, -0.25) is 0 Å². The Balaban J connectivity index is 2.33. The maximum atomic E-state index is 13.3. The maximum absolute atomic E-state index is 13.3. The van der Waals surface area contributed by atoms with E-state index in [2.05, 4.69) is 15.2 Å². The van der Waals surface area contributed by atoms with Crippen molar-refractivity contribution < 1.29 is 8.81 Å². The lowest BCUT2D eigenvalue weighted by Crippen LogP contribution is -1.87. The van der Waals surface area contributed by atoms with Crippen molar-refractivity contribution in [3.8, 4) is 11.6 Å². The second kappa shape index (κ2) is 4.16. The van der Waals surface area contributed by atoms with Crippen molar-refractivity contribution in [1.82, 2.24) is 15.2 Å². The molecule has 0 atom stereocenters. The molecule has 5 heteroatoms. The van der Waals surface area contributed by atoms with Crippen molar-refractivity contribution in [2.75, 3.05) is 0 Å². The number of aromatic nitrogens is 3. The molecule has 2 heterocycles. The molecule has 0 unspecified atom stereocenters. The third-order valence-corrected chi connectivity index (χ3v) is 1.89. The Morgan fingerprint density at radius 2 is 2.27 bits per heavy atom. The van der Waals surface area contributed by atoms with Crippen LogP contribution in [0.15, 0.2) is 22.7 Å². The van der Waals surface area contributed by atoms with E-state index >= 15 is 0 Å². The summed E-state index contributed by atoms with van der Waals surface area (Å²) in [4.78, 5) is 3.85. The van der Waals surface area contributed by atoms with Crippen molar-refractivity contribution >= 4 is 0 Å². The van der Waals surface area contributed by atoms with Gasteiger partial charge in [0.15, 0.2) is 11.5 Å². The first-order chi connectivity index (χ1) is 7.31. The third kappa shape index (κ3) is 2.01. The zero-order chi connectivity index (χ0) is 10.7. The minimum atomic E-state index is -0.454. The summed E-state index contributed by atoms with van der Waals surface area (Å²) < 4.78 is 18.5. The lowest BCUT2D eigenvalue weighted by atomic mass is 10.3. The Labute approximate surface area is 86.2 Å². The normalized spacial score (nSPS) is 10.5. The molecular weight excluding hydrogens is 197 g/mol. The van der Waals surface area contributed by atoms with Crippen LogP contribution >= 0.6 is 0 Å². The van der Waals surface area contributed by atoms with Crippen molar-refractivity contribution in [1.29, 1.82) is 0 Å². The molecule has 0 spiro atoms. The zero-order valence-corrected chi connectivity index (χ0v) is 8.27. The molecule has 0 bridgehead atoms. The molecule has 15 heavy (non-hydrogen) atoms. The highest BCUT2D eigenvalue weighted by Gasteiger charge is 2.13. The van der Waals surface area contributed by atoms with Crippen LogP contribution in [0.25, 0.3) is 11.6 Å². The second-order valence-corrected chi connectivity index (χ2v) is 3.08. The lowest BCUT2D eigenvalue weighted by Gasteiger charge is -1.94. The Hall–Kier alpha value is -1.78. The molecule has 2 aromatic rings. The van der Waals surface area contributed by atoms with E-state index in [0.29, 0.717) is 12.3 Å². The van der Waals surface area contributed by atoms with E-state index in [0.717, 1.165) is 6.42 Å². The molecule has 0 N–H and O–H groups in total. The van der Waals surface area contributed by atoms with Gasteiger partial charge in [-0.1, -0.05) is 6.92 Å².